The van der Waals surface area contributed by atoms with Crippen LogP contribution in [0.5, 0.6) is 11.5 Å². The highest BCUT2D eigenvalue weighted by Gasteiger charge is 1.99. The summed E-state index contributed by atoms with van der Waals surface area (Å²) in [6.45, 7) is 5.40. The third-order valence-electron chi connectivity index (χ3n) is 3.10. The Labute approximate surface area is 125 Å². The van der Waals surface area contributed by atoms with Crippen LogP contribution in [-0.2, 0) is 13.1 Å². The van der Waals surface area contributed by atoms with Crippen LogP contribution in [0, 0.1) is 0 Å². The Kier molecular flexibility index (Phi) is 6.09. The lowest BCUT2D eigenvalue weighted by Gasteiger charge is -2.07. The first-order chi connectivity index (χ1) is 10.3. The lowest BCUT2D eigenvalue weighted by Crippen LogP contribution is -2.14. The maximum absolute atomic E-state index is 5.70. The van der Waals surface area contributed by atoms with E-state index in [2.05, 4.69) is 23.4 Å². The largest absolute Gasteiger partial charge is 0.497 e. The molecule has 0 radical (unpaired) electrons. The number of aromatic nitrogens is 2. The lowest BCUT2D eigenvalue weighted by atomic mass is 10.3. The lowest BCUT2D eigenvalue weighted by molar-refractivity contribution is 0.297. The molecule has 0 amide bonds. The first-order valence-corrected chi connectivity index (χ1v) is 7.30. The summed E-state index contributed by atoms with van der Waals surface area (Å²) < 4.78 is 12.9. The van der Waals surface area contributed by atoms with E-state index in [0.29, 0.717) is 6.61 Å². The second-order valence-electron chi connectivity index (χ2n) is 4.80. The Balaban J connectivity index is 1.72. The van der Waals surface area contributed by atoms with Crippen molar-refractivity contribution in [1.29, 1.82) is 0 Å². The van der Waals surface area contributed by atoms with Crippen LogP contribution in [0.2, 0.25) is 0 Å². The molecule has 0 spiro atoms. The van der Waals surface area contributed by atoms with Crippen LogP contribution in [0.4, 0.5) is 0 Å². The third-order valence-corrected chi connectivity index (χ3v) is 3.10. The van der Waals surface area contributed by atoms with Crippen molar-refractivity contribution in [2.75, 3.05) is 20.3 Å². The topological polar surface area (TPSA) is 48.3 Å². The summed E-state index contributed by atoms with van der Waals surface area (Å²) in [7, 11) is 1.65. The van der Waals surface area contributed by atoms with Crippen molar-refractivity contribution in [2.45, 2.75) is 26.4 Å². The average Bonchev–Trinajstić information content (AvgIpc) is 2.96. The van der Waals surface area contributed by atoms with Gasteiger partial charge in [0.15, 0.2) is 0 Å². The van der Waals surface area contributed by atoms with E-state index in [1.165, 1.54) is 0 Å². The average molecular weight is 289 g/mol. The van der Waals surface area contributed by atoms with Crippen molar-refractivity contribution in [3.8, 4) is 11.5 Å². The van der Waals surface area contributed by atoms with Gasteiger partial charge in [0.05, 0.1) is 25.7 Å². The van der Waals surface area contributed by atoms with E-state index in [1.54, 1.807) is 7.11 Å². The smallest absolute Gasteiger partial charge is 0.119 e. The highest BCUT2D eigenvalue weighted by atomic mass is 16.5. The van der Waals surface area contributed by atoms with Gasteiger partial charge in [0.1, 0.15) is 18.1 Å². The molecule has 0 fully saturated rings. The molecule has 2 rings (SSSR count). The molecule has 0 atom stereocenters. The quantitative estimate of drug-likeness (QED) is 0.720. The van der Waals surface area contributed by atoms with Crippen LogP contribution in [0.25, 0.3) is 0 Å². The summed E-state index contributed by atoms with van der Waals surface area (Å²) in [5, 5.41) is 3.34. The molecule has 21 heavy (non-hydrogen) atoms. The number of hydrogen-bond donors (Lipinski definition) is 1. The fourth-order valence-corrected chi connectivity index (χ4v) is 1.95. The van der Waals surface area contributed by atoms with Gasteiger partial charge in [-0.1, -0.05) is 6.92 Å². The van der Waals surface area contributed by atoms with E-state index in [9.17, 15) is 0 Å². The molecule has 1 N–H and O–H groups in total. The molecule has 2 aromatic rings. The molecule has 0 saturated carbocycles. The summed E-state index contributed by atoms with van der Waals surface area (Å²) in [6, 6.07) is 7.60. The number of methoxy groups -OCH3 is 1. The van der Waals surface area contributed by atoms with Crippen LogP contribution >= 0.6 is 0 Å². The Hall–Kier alpha value is -2.01. The monoisotopic (exact) mass is 289 g/mol. The predicted octanol–water partition coefficient (Wildman–Crippen LogP) is 2.47. The Bertz CT molecular complexity index is 523. The molecule has 114 valence electrons. The summed E-state index contributed by atoms with van der Waals surface area (Å²) in [4.78, 5) is 4.36. The maximum atomic E-state index is 5.70. The number of rotatable bonds is 9. The van der Waals surface area contributed by atoms with Gasteiger partial charge < -0.3 is 19.4 Å². The zero-order valence-electron chi connectivity index (χ0n) is 12.7. The molecule has 0 bridgehead atoms. The van der Waals surface area contributed by atoms with Gasteiger partial charge in [0.2, 0.25) is 0 Å². The molecule has 1 heterocycles. The molecule has 1 aromatic carbocycles. The zero-order valence-corrected chi connectivity index (χ0v) is 12.7. The normalized spacial score (nSPS) is 10.6. The molecule has 0 aliphatic heterocycles. The van der Waals surface area contributed by atoms with Gasteiger partial charge in [-0.25, -0.2) is 4.98 Å². The van der Waals surface area contributed by atoms with Crippen molar-refractivity contribution in [3.63, 3.8) is 0 Å². The van der Waals surface area contributed by atoms with Crippen LogP contribution in [0.1, 0.15) is 19.0 Å². The predicted molar refractivity (Wildman–Crippen MR) is 82.7 cm³/mol. The van der Waals surface area contributed by atoms with E-state index in [4.69, 9.17) is 9.47 Å². The van der Waals surface area contributed by atoms with Gasteiger partial charge in [-0.15, -0.1) is 0 Å². The van der Waals surface area contributed by atoms with Crippen LogP contribution in [0.3, 0.4) is 0 Å². The van der Waals surface area contributed by atoms with E-state index >= 15 is 0 Å². The summed E-state index contributed by atoms with van der Waals surface area (Å²) in [5.41, 5.74) is 1.06. The minimum atomic E-state index is 0.616. The highest BCUT2D eigenvalue weighted by molar-refractivity contribution is 5.31. The molecule has 0 saturated heterocycles. The first-order valence-electron chi connectivity index (χ1n) is 7.30. The fraction of sp³-hybridized carbons (Fsp3) is 0.438. The minimum absolute atomic E-state index is 0.616. The van der Waals surface area contributed by atoms with Crippen LogP contribution in [-0.4, -0.2) is 29.8 Å². The molecule has 5 nitrogen and oxygen atoms in total. The van der Waals surface area contributed by atoms with Crippen LogP contribution in [0.15, 0.2) is 36.8 Å². The molecular formula is C16H23N3O2. The molecule has 0 unspecified atom stereocenters. The van der Waals surface area contributed by atoms with Gasteiger partial charge in [0.25, 0.3) is 0 Å². The molecule has 0 aliphatic rings. The number of hydrogen-bond acceptors (Lipinski definition) is 4. The second kappa shape index (κ2) is 8.32. The van der Waals surface area contributed by atoms with Crippen molar-refractivity contribution in [2.24, 2.45) is 0 Å². The summed E-state index contributed by atoms with van der Waals surface area (Å²) >= 11 is 0. The third kappa shape index (κ3) is 5.11. The Morgan fingerprint density at radius 2 is 1.95 bits per heavy atom. The van der Waals surface area contributed by atoms with Crippen molar-refractivity contribution in [1.82, 2.24) is 14.9 Å². The van der Waals surface area contributed by atoms with E-state index < -0.39 is 0 Å². The SMILES string of the molecule is CCCNCc1cn(CCOc2ccc(OC)cc2)cn1. The molecule has 1 aromatic heterocycles. The maximum Gasteiger partial charge on any atom is 0.119 e. The van der Waals surface area contributed by atoms with Crippen molar-refractivity contribution in [3.05, 3.63) is 42.5 Å². The summed E-state index contributed by atoms with van der Waals surface area (Å²) in [6.07, 6.45) is 5.04. The van der Waals surface area contributed by atoms with Crippen LogP contribution < -0.4 is 14.8 Å². The fourth-order valence-electron chi connectivity index (χ4n) is 1.95. The number of nitrogens with one attached hydrogen (secondary N) is 1. The number of benzene rings is 1. The standard InChI is InChI=1S/C16H23N3O2/c1-3-8-17-11-14-12-19(13-18-14)9-10-21-16-6-4-15(20-2)5-7-16/h4-7,12-13,17H,3,8-11H2,1-2H3. The summed E-state index contributed by atoms with van der Waals surface area (Å²) in [5.74, 6) is 1.68. The van der Waals surface area contributed by atoms with Gasteiger partial charge in [-0.2, -0.15) is 0 Å². The van der Waals surface area contributed by atoms with Crippen molar-refractivity contribution < 1.29 is 9.47 Å². The Morgan fingerprint density at radius 3 is 2.67 bits per heavy atom. The van der Waals surface area contributed by atoms with E-state index in [0.717, 1.165) is 43.2 Å². The van der Waals surface area contributed by atoms with Gasteiger partial charge in [0, 0.05) is 12.7 Å². The van der Waals surface area contributed by atoms with E-state index in [1.807, 2.05) is 35.2 Å². The first kappa shape index (κ1) is 15.4. The highest BCUT2D eigenvalue weighted by Crippen LogP contribution is 2.16. The zero-order chi connectivity index (χ0) is 14.9. The molecule has 5 heteroatoms. The van der Waals surface area contributed by atoms with Gasteiger partial charge >= 0.3 is 0 Å². The van der Waals surface area contributed by atoms with Crippen molar-refractivity contribution >= 4 is 0 Å². The molecular weight excluding hydrogens is 266 g/mol. The van der Waals surface area contributed by atoms with E-state index in [-0.39, 0.29) is 0 Å². The van der Waals surface area contributed by atoms with Gasteiger partial charge in [-0.05, 0) is 37.2 Å². The number of nitrogens with zero attached hydrogens (tertiary/aromatic N) is 2. The van der Waals surface area contributed by atoms with Gasteiger partial charge in [-0.3, -0.25) is 0 Å². The Morgan fingerprint density at radius 1 is 1.19 bits per heavy atom. The minimum Gasteiger partial charge on any atom is -0.497 e. The second-order valence-corrected chi connectivity index (χ2v) is 4.80. The molecule has 0 aliphatic carbocycles. The number of ether oxygens (including phenoxy) is 2. The number of imidazole rings is 1.